The number of nitrogens with one attached hydrogen (secondary N) is 2. The lowest BCUT2D eigenvalue weighted by atomic mass is 9.76. The first kappa shape index (κ1) is 17.7. The summed E-state index contributed by atoms with van der Waals surface area (Å²) in [6, 6.07) is 3.72. The van der Waals surface area contributed by atoms with Gasteiger partial charge in [0.15, 0.2) is 5.69 Å². The van der Waals surface area contributed by atoms with Gasteiger partial charge in [0, 0.05) is 42.0 Å². The van der Waals surface area contributed by atoms with E-state index in [1.807, 2.05) is 17.0 Å². The summed E-state index contributed by atoms with van der Waals surface area (Å²) in [6.45, 7) is 2.99. The third kappa shape index (κ3) is 2.84. The van der Waals surface area contributed by atoms with Gasteiger partial charge < -0.3 is 9.88 Å². The molecule has 1 fully saturated rings. The van der Waals surface area contributed by atoms with Crippen molar-refractivity contribution in [2.75, 3.05) is 13.1 Å². The van der Waals surface area contributed by atoms with Crippen LogP contribution in [0.1, 0.15) is 46.7 Å². The van der Waals surface area contributed by atoms with E-state index in [-0.39, 0.29) is 16.9 Å². The molecule has 2 aliphatic rings. The summed E-state index contributed by atoms with van der Waals surface area (Å²) in [5.74, 6) is 0.457. The quantitative estimate of drug-likeness (QED) is 0.681. The number of aromatic nitrogens is 6. The van der Waals surface area contributed by atoms with Crippen LogP contribution in [-0.4, -0.2) is 54.3 Å². The predicted molar refractivity (Wildman–Crippen MR) is 104 cm³/mol. The SMILES string of the molecule is Cc1n[nH]nc1C(=O)N1CCC2(CCc3c2nc(-c2cccnc2)[nH]c3=O)CC1. The number of aromatic amines is 2. The summed E-state index contributed by atoms with van der Waals surface area (Å²) in [7, 11) is 0. The molecule has 1 spiro atoms. The second-order valence-electron chi connectivity index (χ2n) is 7.81. The summed E-state index contributed by atoms with van der Waals surface area (Å²) in [5, 5.41) is 10.4. The summed E-state index contributed by atoms with van der Waals surface area (Å²) >= 11 is 0. The molecule has 29 heavy (non-hydrogen) atoms. The maximum Gasteiger partial charge on any atom is 0.276 e. The fourth-order valence-corrected chi connectivity index (χ4v) is 4.55. The van der Waals surface area contributed by atoms with E-state index in [1.165, 1.54) is 0 Å². The van der Waals surface area contributed by atoms with Crippen molar-refractivity contribution in [3.8, 4) is 11.4 Å². The van der Waals surface area contributed by atoms with Crippen LogP contribution in [0.5, 0.6) is 0 Å². The molecule has 2 N–H and O–H groups in total. The molecule has 0 unspecified atom stereocenters. The van der Waals surface area contributed by atoms with Gasteiger partial charge in [0.2, 0.25) is 0 Å². The number of carbonyl (C=O) groups is 1. The lowest BCUT2D eigenvalue weighted by Gasteiger charge is -2.39. The van der Waals surface area contributed by atoms with Gasteiger partial charge in [-0.3, -0.25) is 14.6 Å². The summed E-state index contributed by atoms with van der Waals surface area (Å²) in [4.78, 5) is 39.2. The molecule has 0 atom stereocenters. The highest BCUT2D eigenvalue weighted by Crippen LogP contribution is 2.44. The smallest absolute Gasteiger partial charge is 0.276 e. The summed E-state index contributed by atoms with van der Waals surface area (Å²) < 4.78 is 0. The number of hydrogen-bond acceptors (Lipinski definition) is 6. The van der Waals surface area contributed by atoms with Crippen molar-refractivity contribution >= 4 is 5.91 Å². The van der Waals surface area contributed by atoms with Crippen LogP contribution in [0.3, 0.4) is 0 Å². The van der Waals surface area contributed by atoms with Crippen molar-refractivity contribution in [3.63, 3.8) is 0 Å². The van der Waals surface area contributed by atoms with E-state index in [4.69, 9.17) is 4.98 Å². The van der Waals surface area contributed by atoms with E-state index in [9.17, 15) is 9.59 Å². The molecule has 1 aliphatic heterocycles. The molecule has 9 nitrogen and oxygen atoms in total. The fraction of sp³-hybridized carbons (Fsp3) is 0.400. The molecule has 1 aliphatic carbocycles. The average molecular weight is 391 g/mol. The minimum atomic E-state index is -0.157. The lowest BCUT2D eigenvalue weighted by molar-refractivity contribution is 0.0657. The van der Waals surface area contributed by atoms with Crippen LogP contribution in [0.4, 0.5) is 0 Å². The second kappa shape index (κ2) is 6.61. The highest BCUT2D eigenvalue weighted by molar-refractivity contribution is 5.93. The third-order valence-electron chi connectivity index (χ3n) is 6.24. The number of amides is 1. The Morgan fingerprint density at radius 2 is 2.03 bits per heavy atom. The van der Waals surface area contributed by atoms with Crippen LogP contribution in [-0.2, 0) is 11.8 Å². The van der Waals surface area contributed by atoms with E-state index in [1.54, 1.807) is 19.3 Å². The van der Waals surface area contributed by atoms with Gasteiger partial charge in [-0.25, -0.2) is 4.98 Å². The number of likely N-dealkylation sites (tertiary alicyclic amines) is 1. The lowest BCUT2D eigenvalue weighted by Crippen LogP contribution is -2.45. The van der Waals surface area contributed by atoms with Crippen LogP contribution in [0, 0.1) is 6.92 Å². The first-order chi connectivity index (χ1) is 14.1. The first-order valence-corrected chi connectivity index (χ1v) is 9.78. The zero-order valence-corrected chi connectivity index (χ0v) is 16.1. The maximum absolute atomic E-state index is 12.7. The second-order valence-corrected chi connectivity index (χ2v) is 7.81. The molecule has 0 bridgehead atoms. The van der Waals surface area contributed by atoms with Crippen molar-refractivity contribution in [1.29, 1.82) is 0 Å². The molecular formula is C20H21N7O2. The molecule has 3 aromatic rings. The Morgan fingerprint density at radius 3 is 2.72 bits per heavy atom. The van der Waals surface area contributed by atoms with Crippen molar-refractivity contribution in [3.05, 3.63) is 57.5 Å². The monoisotopic (exact) mass is 391 g/mol. The van der Waals surface area contributed by atoms with Gasteiger partial charge in [-0.2, -0.15) is 15.4 Å². The highest BCUT2D eigenvalue weighted by Gasteiger charge is 2.45. The Bertz CT molecular complexity index is 1130. The number of piperidine rings is 1. The van der Waals surface area contributed by atoms with Crippen LogP contribution in [0.2, 0.25) is 0 Å². The van der Waals surface area contributed by atoms with E-state index < -0.39 is 0 Å². The summed E-state index contributed by atoms with van der Waals surface area (Å²) in [5.41, 5.74) is 3.23. The van der Waals surface area contributed by atoms with Gasteiger partial charge in [-0.15, -0.1) is 0 Å². The van der Waals surface area contributed by atoms with Crippen LogP contribution >= 0.6 is 0 Å². The van der Waals surface area contributed by atoms with E-state index in [0.29, 0.717) is 30.3 Å². The van der Waals surface area contributed by atoms with Gasteiger partial charge in [-0.05, 0) is 44.7 Å². The third-order valence-corrected chi connectivity index (χ3v) is 6.24. The van der Waals surface area contributed by atoms with Crippen molar-refractivity contribution < 1.29 is 4.79 Å². The van der Waals surface area contributed by atoms with Crippen molar-refractivity contribution in [1.82, 2.24) is 35.3 Å². The van der Waals surface area contributed by atoms with Crippen LogP contribution in [0.25, 0.3) is 11.4 Å². The molecule has 0 radical (unpaired) electrons. The fourth-order valence-electron chi connectivity index (χ4n) is 4.55. The minimum absolute atomic E-state index is 0.0672. The van der Waals surface area contributed by atoms with E-state index in [2.05, 4.69) is 25.4 Å². The standard InChI is InChI=1S/C20H21N7O2/c1-12-15(25-26-24-12)19(29)27-9-6-20(7-10-27)5-4-14-16(20)22-17(23-18(14)28)13-3-2-8-21-11-13/h2-3,8,11H,4-7,9-10H2,1H3,(H,22,23,28)(H,24,25,26). The van der Waals surface area contributed by atoms with Gasteiger partial charge in [0.05, 0.1) is 11.4 Å². The number of carbonyl (C=O) groups excluding carboxylic acids is 1. The normalized spacial score (nSPS) is 17.5. The number of rotatable bonds is 2. The molecule has 1 saturated heterocycles. The predicted octanol–water partition coefficient (Wildman–Crippen LogP) is 1.38. The molecular weight excluding hydrogens is 370 g/mol. The zero-order chi connectivity index (χ0) is 20.0. The number of hydrogen-bond donors (Lipinski definition) is 2. The zero-order valence-electron chi connectivity index (χ0n) is 16.1. The van der Waals surface area contributed by atoms with E-state index >= 15 is 0 Å². The van der Waals surface area contributed by atoms with Crippen LogP contribution in [0.15, 0.2) is 29.3 Å². The number of H-pyrrole nitrogens is 2. The molecule has 0 saturated carbocycles. The number of fused-ring (bicyclic) bond motifs is 2. The Hall–Kier alpha value is -3.36. The molecule has 0 aromatic carbocycles. The minimum Gasteiger partial charge on any atom is -0.337 e. The molecule has 3 aromatic heterocycles. The number of pyridine rings is 1. The largest absolute Gasteiger partial charge is 0.337 e. The van der Waals surface area contributed by atoms with E-state index in [0.717, 1.165) is 42.5 Å². The van der Waals surface area contributed by atoms with Gasteiger partial charge in [-0.1, -0.05) is 0 Å². The molecule has 1 amide bonds. The Labute approximate surface area is 166 Å². The molecule has 148 valence electrons. The number of aryl methyl sites for hydroxylation is 1. The maximum atomic E-state index is 12.7. The summed E-state index contributed by atoms with van der Waals surface area (Å²) in [6.07, 6.45) is 6.58. The van der Waals surface area contributed by atoms with Crippen molar-refractivity contribution in [2.45, 2.75) is 38.0 Å². The molecule has 9 heteroatoms. The Morgan fingerprint density at radius 1 is 1.21 bits per heavy atom. The highest BCUT2D eigenvalue weighted by atomic mass is 16.2. The molecule has 5 rings (SSSR count). The van der Waals surface area contributed by atoms with Crippen molar-refractivity contribution in [2.24, 2.45) is 0 Å². The van der Waals surface area contributed by atoms with Crippen LogP contribution < -0.4 is 5.56 Å². The first-order valence-electron chi connectivity index (χ1n) is 9.78. The number of nitrogens with zero attached hydrogens (tertiary/aromatic N) is 5. The van der Waals surface area contributed by atoms with Gasteiger partial charge >= 0.3 is 0 Å². The topological polar surface area (TPSA) is 121 Å². The average Bonchev–Trinajstić information content (AvgIpc) is 3.33. The van der Waals surface area contributed by atoms with Gasteiger partial charge in [0.1, 0.15) is 5.82 Å². The van der Waals surface area contributed by atoms with Gasteiger partial charge in [0.25, 0.3) is 11.5 Å². The molecule has 4 heterocycles. The Kier molecular flexibility index (Phi) is 4.04. The Balaban J connectivity index is 1.43.